The van der Waals surface area contributed by atoms with Gasteiger partial charge in [0.1, 0.15) is 5.01 Å². The van der Waals surface area contributed by atoms with Crippen molar-refractivity contribution in [2.75, 3.05) is 5.75 Å². The van der Waals surface area contributed by atoms with Gasteiger partial charge >= 0.3 is 5.97 Å². The van der Waals surface area contributed by atoms with E-state index in [4.69, 9.17) is 5.11 Å². The molecular formula is C12H19NO2S2. The highest BCUT2D eigenvalue weighted by Crippen LogP contribution is 2.24. The van der Waals surface area contributed by atoms with Crippen molar-refractivity contribution in [3.63, 3.8) is 0 Å². The molecule has 3 nitrogen and oxygen atoms in total. The zero-order chi connectivity index (χ0) is 12.7. The summed E-state index contributed by atoms with van der Waals surface area (Å²) in [7, 11) is 0. The average molecular weight is 273 g/mol. The fraction of sp³-hybridized carbons (Fsp3) is 0.667. The van der Waals surface area contributed by atoms with E-state index in [9.17, 15) is 4.79 Å². The first-order valence-corrected chi connectivity index (χ1v) is 7.91. The third kappa shape index (κ3) is 5.08. The number of carboxylic acid groups (broad SMARTS) is 1. The minimum atomic E-state index is -0.765. The molecule has 0 aliphatic heterocycles. The molecule has 0 aromatic carbocycles. The SMILES string of the molecule is CCCSCc1nc(CCC)c(CC(=O)O)s1. The van der Waals surface area contributed by atoms with E-state index < -0.39 is 5.97 Å². The number of thioether (sulfide) groups is 1. The van der Waals surface area contributed by atoms with E-state index in [-0.39, 0.29) is 6.42 Å². The molecule has 0 aliphatic rings. The lowest BCUT2D eigenvalue weighted by atomic mass is 10.2. The zero-order valence-electron chi connectivity index (χ0n) is 10.4. The number of rotatable bonds is 8. The van der Waals surface area contributed by atoms with Crippen LogP contribution in [0.25, 0.3) is 0 Å². The normalized spacial score (nSPS) is 10.7. The van der Waals surface area contributed by atoms with E-state index in [1.807, 2.05) is 11.8 Å². The summed E-state index contributed by atoms with van der Waals surface area (Å²) >= 11 is 3.43. The van der Waals surface area contributed by atoms with E-state index in [0.717, 1.165) is 39.9 Å². The van der Waals surface area contributed by atoms with Gasteiger partial charge in [-0.1, -0.05) is 20.3 Å². The molecule has 0 unspecified atom stereocenters. The van der Waals surface area contributed by atoms with Gasteiger partial charge in [0.05, 0.1) is 12.1 Å². The molecule has 96 valence electrons. The number of thiazole rings is 1. The van der Waals surface area contributed by atoms with Crippen molar-refractivity contribution >= 4 is 29.1 Å². The maximum Gasteiger partial charge on any atom is 0.308 e. The molecule has 0 saturated heterocycles. The molecule has 1 aromatic heterocycles. The van der Waals surface area contributed by atoms with Crippen LogP contribution in [0, 0.1) is 0 Å². The lowest BCUT2D eigenvalue weighted by Gasteiger charge is -1.96. The first-order chi connectivity index (χ1) is 8.17. The number of nitrogens with zero attached hydrogens (tertiary/aromatic N) is 1. The fourth-order valence-corrected chi connectivity index (χ4v) is 3.57. The summed E-state index contributed by atoms with van der Waals surface area (Å²) in [5, 5.41) is 9.93. The quantitative estimate of drug-likeness (QED) is 0.738. The molecule has 0 saturated carbocycles. The number of hydrogen-bond donors (Lipinski definition) is 1. The van der Waals surface area contributed by atoms with Crippen LogP contribution >= 0.6 is 23.1 Å². The van der Waals surface area contributed by atoms with Crippen molar-refractivity contribution in [3.8, 4) is 0 Å². The van der Waals surface area contributed by atoms with Crippen LogP contribution in [-0.4, -0.2) is 21.8 Å². The van der Waals surface area contributed by atoms with Gasteiger partial charge in [0.2, 0.25) is 0 Å². The van der Waals surface area contributed by atoms with Crippen molar-refractivity contribution in [1.82, 2.24) is 4.98 Å². The number of carbonyl (C=O) groups is 1. The number of hydrogen-bond acceptors (Lipinski definition) is 4. The Morgan fingerprint density at radius 1 is 1.41 bits per heavy atom. The molecule has 0 radical (unpaired) electrons. The molecule has 17 heavy (non-hydrogen) atoms. The Labute approximate surface area is 111 Å². The van der Waals surface area contributed by atoms with Gasteiger partial charge in [-0.05, 0) is 18.6 Å². The summed E-state index contributed by atoms with van der Waals surface area (Å²) in [5.74, 6) is 1.28. The maximum absolute atomic E-state index is 10.8. The smallest absolute Gasteiger partial charge is 0.308 e. The number of carboxylic acids is 1. The molecule has 0 bridgehead atoms. The van der Waals surface area contributed by atoms with Crippen molar-refractivity contribution in [3.05, 3.63) is 15.6 Å². The minimum absolute atomic E-state index is 0.117. The minimum Gasteiger partial charge on any atom is -0.481 e. The molecular weight excluding hydrogens is 254 g/mol. The summed E-state index contributed by atoms with van der Waals surface area (Å²) in [6.07, 6.45) is 3.18. The van der Waals surface area contributed by atoms with E-state index in [0.29, 0.717) is 0 Å². The van der Waals surface area contributed by atoms with Gasteiger partial charge < -0.3 is 5.11 Å². The van der Waals surface area contributed by atoms with Crippen LogP contribution in [0.15, 0.2) is 0 Å². The average Bonchev–Trinajstić information content (AvgIpc) is 2.61. The molecule has 0 spiro atoms. The lowest BCUT2D eigenvalue weighted by Crippen LogP contribution is -2.01. The van der Waals surface area contributed by atoms with Crippen LogP contribution in [0.5, 0.6) is 0 Å². The third-order valence-electron chi connectivity index (χ3n) is 2.20. The van der Waals surface area contributed by atoms with Crippen LogP contribution < -0.4 is 0 Å². The predicted molar refractivity (Wildman–Crippen MR) is 73.9 cm³/mol. The van der Waals surface area contributed by atoms with Gasteiger partial charge in [-0.3, -0.25) is 4.79 Å². The Morgan fingerprint density at radius 2 is 2.18 bits per heavy atom. The monoisotopic (exact) mass is 273 g/mol. The van der Waals surface area contributed by atoms with E-state index >= 15 is 0 Å². The van der Waals surface area contributed by atoms with Crippen molar-refractivity contribution < 1.29 is 9.90 Å². The topological polar surface area (TPSA) is 50.2 Å². The van der Waals surface area contributed by atoms with Gasteiger partial charge in [0.25, 0.3) is 0 Å². The lowest BCUT2D eigenvalue weighted by molar-refractivity contribution is -0.136. The largest absolute Gasteiger partial charge is 0.481 e. The Balaban J connectivity index is 2.69. The van der Waals surface area contributed by atoms with Crippen LogP contribution in [0.4, 0.5) is 0 Å². The predicted octanol–water partition coefficient (Wildman–Crippen LogP) is 3.37. The summed E-state index contributed by atoms with van der Waals surface area (Å²) in [6.45, 7) is 4.25. The number of aliphatic carboxylic acids is 1. The summed E-state index contributed by atoms with van der Waals surface area (Å²) in [5.41, 5.74) is 0.993. The van der Waals surface area contributed by atoms with E-state index in [1.165, 1.54) is 6.42 Å². The van der Waals surface area contributed by atoms with Crippen LogP contribution in [-0.2, 0) is 23.4 Å². The second-order valence-corrected chi connectivity index (χ2v) is 6.12. The van der Waals surface area contributed by atoms with Crippen LogP contribution in [0.1, 0.15) is 42.3 Å². The molecule has 1 aromatic rings. The summed E-state index contributed by atoms with van der Waals surface area (Å²) in [6, 6.07) is 0. The molecule has 0 amide bonds. The molecule has 5 heteroatoms. The van der Waals surface area contributed by atoms with Crippen LogP contribution in [0.2, 0.25) is 0 Å². The second kappa shape index (κ2) is 7.71. The molecule has 0 fully saturated rings. The molecule has 1 rings (SSSR count). The highest BCUT2D eigenvalue weighted by Gasteiger charge is 2.13. The van der Waals surface area contributed by atoms with Gasteiger partial charge in [-0.15, -0.1) is 11.3 Å². The Morgan fingerprint density at radius 3 is 2.76 bits per heavy atom. The van der Waals surface area contributed by atoms with E-state index in [2.05, 4.69) is 18.8 Å². The summed E-state index contributed by atoms with van der Waals surface area (Å²) < 4.78 is 0. The number of aryl methyl sites for hydroxylation is 1. The highest BCUT2D eigenvalue weighted by atomic mass is 32.2. The first-order valence-electron chi connectivity index (χ1n) is 5.94. The van der Waals surface area contributed by atoms with Gasteiger partial charge in [0, 0.05) is 10.6 Å². The number of aromatic nitrogens is 1. The van der Waals surface area contributed by atoms with Crippen molar-refractivity contribution in [2.24, 2.45) is 0 Å². The van der Waals surface area contributed by atoms with Gasteiger partial charge in [-0.25, -0.2) is 4.98 Å². The Bertz CT molecular complexity index is 363. The molecule has 0 aliphatic carbocycles. The Hall–Kier alpha value is -0.550. The first kappa shape index (κ1) is 14.5. The second-order valence-electron chi connectivity index (χ2n) is 3.85. The van der Waals surface area contributed by atoms with Gasteiger partial charge in [0.15, 0.2) is 0 Å². The van der Waals surface area contributed by atoms with Crippen molar-refractivity contribution in [1.29, 1.82) is 0 Å². The van der Waals surface area contributed by atoms with Gasteiger partial charge in [-0.2, -0.15) is 11.8 Å². The third-order valence-corrected chi connectivity index (χ3v) is 4.65. The zero-order valence-corrected chi connectivity index (χ0v) is 12.0. The van der Waals surface area contributed by atoms with Crippen LogP contribution in [0.3, 0.4) is 0 Å². The Kier molecular flexibility index (Phi) is 6.58. The molecule has 0 atom stereocenters. The van der Waals surface area contributed by atoms with E-state index in [1.54, 1.807) is 11.3 Å². The standard InChI is InChI=1S/C12H19NO2S2/c1-3-5-9-10(7-12(14)15)17-11(13-9)8-16-6-4-2/h3-8H2,1-2H3,(H,14,15). The molecule has 1 N–H and O–H groups in total. The fourth-order valence-electron chi connectivity index (χ4n) is 1.51. The molecule has 1 heterocycles. The van der Waals surface area contributed by atoms with Crippen molar-refractivity contribution in [2.45, 2.75) is 45.3 Å². The highest BCUT2D eigenvalue weighted by molar-refractivity contribution is 7.98. The summed E-state index contributed by atoms with van der Waals surface area (Å²) in [4.78, 5) is 16.3. The maximum atomic E-state index is 10.8.